The third-order valence-corrected chi connectivity index (χ3v) is 4.98. The number of nitrogens with zero attached hydrogens (tertiary/aromatic N) is 2. The van der Waals surface area contributed by atoms with Crippen molar-refractivity contribution in [3.8, 4) is 11.4 Å². The maximum Gasteiger partial charge on any atom is 0.387 e. The van der Waals surface area contributed by atoms with Crippen LogP contribution in [0.15, 0.2) is 65.5 Å². The highest BCUT2D eigenvalue weighted by atomic mass is 19.3. The molecule has 2 aromatic carbocycles. The zero-order chi connectivity index (χ0) is 24.8. The Labute approximate surface area is 194 Å². The summed E-state index contributed by atoms with van der Waals surface area (Å²) in [5.74, 6) is -1.47. The fourth-order valence-corrected chi connectivity index (χ4v) is 3.13. The number of amides is 1. The lowest BCUT2D eigenvalue weighted by Gasteiger charge is -2.11. The first-order valence-corrected chi connectivity index (χ1v) is 10.3. The standard InChI is InChI=1S/C24H23F2N3O5/c1-15-21(23(32)29(28(15)3)18-7-5-4-6-8-18)27-22(31)16(2)33-20(30)14-11-17-9-12-19(13-10-17)34-24(25)26/h4-14,16,24H,1-3H3,(H,27,31)/b14-11+/t16-/m0/s1. The lowest BCUT2D eigenvalue weighted by molar-refractivity contribution is -0.148. The van der Waals surface area contributed by atoms with Crippen LogP contribution in [0.4, 0.5) is 14.5 Å². The Balaban J connectivity index is 1.63. The van der Waals surface area contributed by atoms with Crippen LogP contribution >= 0.6 is 0 Å². The molecule has 0 fully saturated rings. The zero-order valence-corrected chi connectivity index (χ0v) is 18.7. The number of alkyl halides is 2. The summed E-state index contributed by atoms with van der Waals surface area (Å²) < 4.78 is 36.8. The number of rotatable bonds is 8. The fourth-order valence-electron chi connectivity index (χ4n) is 3.13. The zero-order valence-electron chi connectivity index (χ0n) is 18.7. The Morgan fingerprint density at radius 2 is 1.71 bits per heavy atom. The molecule has 1 aromatic heterocycles. The number of benzene rings is 2. The maximum atomic E-state index is 12.9. The second-order valence-electron chi connectivity index (χ2n) is 7.29. The van der Waals surface area contributed by atoms with E-state index in [1.807, 2.05) is 6.07 Å². The van der Waals surface area contributed by atoms with Gasteiger partial charge in [0.2, 0.25) is 0 Å². The van der Waals surface area contributed by atoms with E-state index in [2.05, 4.69) is 10.1 Å². The topological polar surface area (TPSA) is 91.6 Å². The van der Waals surface area contributed by atoms with E-state index in [-0.39, 0.29) is 11.4 Å². The predicted molar refractivity (Wildman–Crippen MR) is 122 cm³/mol. The van der Waals surface area contributed by atoms with Gasteiger partial charge in [-0.15, -0.1) is 0 Å². The average molecular weight is 471 g/mol. The van der Waals surface area contributed by atoms with Gasteiger partial charge < -0.3 is 14.8 Å². The van der Waals surface area contributed by atoms with Crippen LogP contribution in [0, 0.1) is 6.92 Å². The first-order valence-electron chi connectivity index (χ1n) is 10.3. The second kappa shape index (κ2) is 10.6. The molecule has 1 amide bonds. The van der Waals surface area contributed by atoms with Gasteiger partial charge in [-0.1, -0.05) is 30.3 Å². The lowest BCUT2D eigenvalue weighted by Crippen LogP contribution is -2.31. The van der Waals surface area contributed by atoms with Gasteiger partial charge in [0.1, 0.15) is 11.4 Å². The number of anilines is 1. The van der Waals surface area contributed by atoms with E-state index in [1.165, 1.54) is 41.9 Å². The summed E-state index contributed by atoms with van der Waals surface area (Å²) in [5, 5.41) is 2.54. The minimum atomic E-state index is -2.93. The van der Waals surface area contributed by atoms with E-state index < -0.39 is 30.2 Å². The van der Waals surface area contributed by atoms with Crippen LogP contribution in [0.2, 0.25) is 0 Å². The molecule has 0 spiro atoms. The molecule has 1 atom stereocenters. The summed E-state index contributed by atoms with van der Waals surface area (Å²) in [5.41, 5.74) is 1.37. The van der Waals surface area contributed by atoms with Crippen molar-refractivity contribution < 1.29 is 27.8 Å². The number of carbonyl (C=O) groups excluding carboxylic acids is 2. The summed E-state index contributed by atoms with van der Waals surface area (Å²) >= 11 is 0. The number of para-hydroxylation sites is 1. The van der Waals surface area contributed by atoms with E-state index in [4.69, 9.17) is 4.74 Å². The number of hydrogen-bond donors (Lipinski definition) is 1. The Morgan fingerprint density at radius 1 is 1.06 bits per heavy atom. The number of halogens is 2. The van der Waals surface area contributed by atoms with Crippen molar-refractivity contribution in [2.45, 2.75) is 26.6 Å². The molecule has 0 radical (unpaired) electrons. The van der Waals surface area contributed by atoms with Crippen molar-refractivity contribution >= 4 is 23.6 Å². The number of nitrogens with one attached hydrogen (secondary N) is 1. The van der Waals surface area contributed by atoms with Gasteiger partial charge in [-0.2, -0.15) is 8.78 Å². The first kappa shape index (κ1) is 24.4. The Hall–Kier alpha value is -4.21. The molecule has 178 valence electrons. The molecule has 3 aromatic rings. The van der Waals surface area contributed by atoms with Crippen LogP contribution in [0.1, 0.15) is 18.2 Å². The molecule has 1 N–H and O–H groups in total. The molecule has 8 nitrogen and oxygen atoms in total. The number of esters is 1. The van der Waals surface area contributed by atoms with Gasteiger partial charge in [0.15, 0.2) is 6.10 Å². The molecule has 0 saturated heterocycles. The van der Waals surface area contributed by atoms with Crippen molar-refractivity contribution in [3.63, 3.8) is 0 Å². The first-order chi connectivity index (χ1) is 16.2. The van der Waals surface area contributed by atoms with Gasteiger partial charge in [0.05, 0.1) is 11.4 Å². The van der Waals surface area contributed by atoms with Crippen molar-refractivity contribution in [2.24, 2.45) is 7.05 Å². The highest BCUT2D eigenvalue weighted by molar-refractivity contribution is 5.97. The molecule has 0 aliphatic heterocycles. The number of carbonyl (C=O) groups is 2. The quantitative estimate of drug-likeness (QED) is 0.400. The van der Waals surface area contributed by atoms with Gasteiger partial charge in [-0.05, 0) is 49.8 Å². The number of hydrogen-bond acceptors (Lipinski definition) is 5. The van der Waals surface area contributed by atoms with E-state index in [1.54, 1.807) is 42.9 Å². The van der Waals surface area contributed by atoms with Gasteiger partial charge in [-0.25, -0.2) is 9.48 Å². The Bertz CT molecular complexity index is 1250. The van der Waals surface area contributed by atoms with Crippen molar-refractivity contribution in [1.82, 2.24) is 9.36 Å². The fraction of sp³-hybridized carbons (Fsp3) is 0.208. The van der Waals surface area contributed by atoms with Crippen LogP contribution < -0.4 is 15.6 Å². The van der Waals surface area contributed by atoms with Crippen LogP contribution in [-0.4, -0.2) is 34.0 Å². The van der Waals surface area contributed by atoms with Crippen molar-refractivity contribution in [2.75, 3.05) is 5.32 Å². The van der Waals surface area contributed by atoms with Crippen LogP contribution in [-0.2, 0) is 21.4 Å². The highest BCUT2D eigenvalue weighted by Gasteiger charge is 2.22. The van der Waals surface area contributed by atoms with Gasteiger partial charge in [-0.3, -0.25) is 14.3 Å². The maximum absolute atomic E-state index is 12.9. The SMILES string of the molecule is Cc1c(NC(=O)[C@H](C)OC(=O)/C=C/c2ccc(OC(F)F)cc2)c(=O)n(-c2ccccc2)n1C. The van der Waals surface area contributed by atoms with Gasteiger partial charge in [0.25, 0.3) is 11.5 Å². The Morgan fingerprint density at radius 3 is 2.32 bits per heavy atom. The highest BCUT2D eigenvalue weighted by Crippen LogP contribution is 2.16. The Kier molecular flexibility index (Phi) is 7.62. The van der Waals surface area contributed by atoms with Gasteiger partial charge >= 0.3 is 12.6 Å². The molecule has 0 unspecified atom stereocenters. The van der Waals surface area contributed by atoms with Crippen molar-refractivity contribution in [3.05, 3.63) is 82.3 Å². The van der Waals surface area contributed by atoms with E-state index in [0.717, 1.165) is 6.08 Å². The molecular formula is C24H23F2N3O5. The molecule has 0 bridgehead atoms. The molecule has 0 aliphatic rings. The largest absolute Gasteiger partial charge is 0.449 e. The summed E-state index contributed by atoms with van der Waals surface area (Å²) in [4.78, 5) is 37.5. The molecule has 34 heavy (non-hydrogen) atoms. The third-order valence-electron chi connectivity index (χ3n) is 4.98. The average Bonchev–Trinajstić information content (AvgIpc) is 3.01. The minimum Gasteiger partial charge on any atom is -0.449 e. The molecular weight excluding hydrogens is 448 g/mol. The van der Waals surface area contributed by atoms with E-state index in [9.17, 15) is 23.2 Å². The van der Waals surface area contributed by atoms with E-state index in [0.29, 0.717) is 16.9 Å². The van der Waals surface area contributed by atoms with Gasteiger partial charge in [0, 0.05) is 13.1 Å². The third kappa shape index (κ3) is 5.77. The van der Waals surface area contributed by atoms with Crippen LogP contribution in [0.3, 0.4) is 0 Å². The predicted octanol–water partition coefficient (Wildman–Crippen LogP) is 3.67. The second-order valence-corrected chi connectivity index (χ2v) is 7.29. The molecule has 1 heterocycles. The molecule has 3 rings (SSSR count). The van der Waals surface area contributed by atoms with Crippen LogP contribution in [0.25, 0.3) is 11.8 Å². The summed E-state index contributed by atoms with van der Waals surface area (Å²) in [6, 6.07) is 14.6. The lowest BCUT2D eigenvalue weighted by atomic mass is 10.2. The number of ether oxygens (including phenoxy) is 2. The monoisotopic (exact) mass is 471 g/mol. The molecule has 0 saturated carbocycles. The summed E-state index contributed by atoms with van der Waals surface area (Å²) in [6.07, 6.45) is 1.32. The van der Waals surface area contributed by atoms with E-state index >= 15 is 0 Å². The normalized spacial score (nSPS) is 12.1. The molecule has 0 aliphatic carbocycles. The van der Waals surface area contributed by atoms with Crippen LogP contribution in [0.5, 0.6) is 5.75 Å². The summed E-state index contributed by atoms with van der Waals surface area (Å²) in [6.45, 7) is 0.142. The smallest absolute Gasteiger partial charge is 0.387 e. The summed E-state index contributed by atoms with van der Waals surface area (Å²) in [7, 11) is 1.69. The van der Waals surface area contributed by atoms with Crippen molar-refractivity contribution in [1.29, 1.82) is 0 Å². The molecule has 10 heteroatoms. The number of aromatic nitrogens is 2. The minimum absolute atomic E-state index is 0.0115.